The summed E-state index contributed by atoms with van der Waals surface area (Å²) in [5.41, 5.74) is 1.23. The summed E-state index contributed by atoms with van der Waals surface area (Å²) in [5, 5.41) is 4.44. The average Bonchev–Trinajstić information content (AvgIpc) is 3.06. The van der Waals surface area contributed by atoms with E-state index < -0.39 is 0 Å². The summed E-state index contributed by atoms with van der Waals surface area (Å²) in [6.07, 6.45) is 2.72. The SMILES string of the molecule is CCC1CN(C(=O)c2nn(-c3ccccc3)cc2OC)CCO1. The first-order valence-electron chi connectivity index (χ1n) is 7.83. The third-order valence-electron chi connectivity index (χ3n) is 4.01. The van der Waals surface area contributed by atoms with E-state index in [1.54, 1.807) is 22.9 Å². The summed E-state index contributed by atoms with van der Waals surface area (Å²) in [6, 6.07) is 9.66. The molecule has 0 aliphatic carbocycles. The summed E-state index contributed by atoms with van der Waals surface area (Å²) < 4.78 is 12.6. The molecule has 23 heavy (non-hydrogen) atoms. The molecule has 3 rings (SSSR count). The molecule has 0 spiro atoms. The molecule has 1 amide bonds. The van der Waals surface area contributed by atoms with Gasteiger partial charge in [0, 0.05) is 13.1 Å². The highest BCUT2D eigenvalue weighted by Gasteiger charge is 2.28. The number of benzene rings is 1. The first kappa shape index (κ1) is 15.6. The zero-order valence-electron chi connectivity index (χ0n) is 13.4. The second-order valence-electron chi connectivity index (χ2n) is 5.48. The van der Waals surface area contributed by atoms with Crippen molar-refractivity contribution in [3.8, 4) is 11.4 Å². The second kappa shape index (κ2) is 6.83. The average molecular weight is 315 g/mol. The number of morpholine rings is 1. The number of para-hydroxylation sites is 1. The number of nitrogens with zero attached hydrogens (tertiary/aromatic N) is 3. The second-order valence-corrected chi connectivity index (χ2v) is 5.48. The van der Waals surface area contributed by atoms with E-state index in [0.717, 1.165) is 12.1 Å². The number of carbonyl (C=O) groups excluding carboxylic acids is 1. The van der Waals surface area contributed by atoms with Gasteiger partial charge in [-0.05, 0) is 18.6 Å². The van der Waals surface area contributed by atoms with E-state index in [2.05, 4.69) is 12.0 Å². The summed E-state index contributed by atoms with van der Waals surface area (Å²) in [6.45, 7) is 3.79. The first-order valence-corrected chi connectivity index (χ1v) is 7.83. The molecule has 0 N–H and O–H groups in total. The van der Waals surface area contributed by atoms with E-state index in [1.165, 1.54) is 0 Å². The van der Waals surface area contributed by atoms with E-state index in [-0.39, 0.29) is 12.0 Å². The van der Waals surface area contributed by atoms with Crippen LogP contribution in [0.4, 0.5) is 0 Å². The van der Waals surface area contributed by atoms with Gasteiger partial charge in [0.15, 0.2) is 11.4 Å². The summed E-state index contributed by atoms with van der Waals surface area (Å²) >= 11 is 0. The largest absolute Gasteiger partial charge is 0.493 e. The molecule has 1 unspecified atom stereocenters. The Hall–Kier alpha value is -2.34. The van der Waals surface area contributed by atoms with Gasteiger partial charge in [0.25, 0.3) is 5.91 Å². The Morgan fingerprint density at radius 1 is 1.39 bits per heavy atom. The molecule has 0 radical (unpaired) electrons. The summed E-state index contributed by atoms with van der Waals surface area (Å²) in [4.78, 5) is 14.6. The molecule has 1 saturated heterocycles. The lowest BCUT2D eigenvalue weighted by Crippen LogP contribution is -2.45. The number of amides is 1. The number of rotatable bonds is 4. The Morgan fingerprint density at radius 3 is 2.87 bits per heavy atom. The van der Waals surface area contributed by atoms with Crippen LogP contribution in [-0.2, 0) is 4.74 Å². The van der Waals surface area contributed by atoms with Crippen molar-refractivity contribution in [2.45, 2.75) is 19.4 Å². The summed E-state index contributed by atoms with van der Waals surface area (Å²) in [5.74, 6) is 0.372. The molecule has 0 saturated carbocycles. The Kier molecular flexibility index (Phi) is 4.62. The number of hydrogen-bond donors (Lipinski definition) is 0. The molecule has 1 fully saturated rings. The van der Waals surface area contributed by atoms with Crippen LogP contribution in [0.3, 0.4) is 0 Å². The van der Waals surface area contributed by atoms with E-state index in [4.69, 9.17) is 9.47 Å². The van der Waals surface area contributed by atoms with Crippen molar-refractivity contribution >= 4 is 5.91 Å². The minimum atomic E-state index is -0.113. The third-order valence-corrected chi connectivity index (χ3v) is 4.01. The standard InChI is InChI=1S/C17H21N3O3/c1-3-14-11-19(9-10-23-14)17(21)16-15(22-2)12-20(18-16)13-7-5-4-6-8-13/h4-8,12,14H,3,9-11H2,1-2H3. The normalized spacial score (nSPS) is 18.0. The lowest BCUT2D eigenvalue weighted by Gasteiger charge is -2.32. The number of methoxy groups -OCH3 is 1. The van der Waals surface area contributed by atoms with Gasteiger partial charge < -0.3 is 14.4 Å². The van der Waals surface area contributed by atoms with Crippen molar-refractivity contribution in [1.29, 1.82) is 0 Å². The van der Waals surface area contributed by atoms with Crippen molar-refractivity contribution in [2.24, 2.45) is 0 Å². The van der Waals surface area contributed by atoms with Gasteiger partial charge in [-0.3, -0.25) is 4.79 Å². The van der Waals surface area contributed by atoms with Crippen LogP contribution in [0.15, 0.2) is 36.5 Å². The van der Waals surface area contributed by atoms with Gasteiger partial charge in [-0.15, -0.1) is 0 Å². The Labute approximate surface area is 135 Å². The molecule has 1 aromatic carbocycles. The molecule has 1 aliphatic rings. The lowest BCUT2D eigenvalue weighted by atomic mass is 10.2. The van der Waals surface area contributed by atoms with Crippen molar-refractivity contribution in [3.63, 3.8) is 0 Å². The fraction of sp³-hybridized carbons (Fsp3) is 0.412. The highest BCUT2D eigenvalue weighted by molar-refractivity contribution is 5.95. The van der Waals surface area contributed by atoms with E-state index >= 15 is 0 Å². The van der Waals surface area contributed by atoms with Crippen LogP contribution in [0.5, 0.6) is 5.75 Å². The van der Waals surface area contributed by atoms with Crippen LogP contribution in [0.25, 0.3) is 5.69 Å². The maximum atomic E-state index is 12.8. The Morgan fingerprint density at radius 2 is 2.17 bits per heavy atom. The fourth-order valence-corrected chi connectivity index (χ4v) is 2.67. The van der Waals surface area contributed by atoms with E-state index in [1.807, 2.05) is 30.3 Å². The Bertz CT molecular complexity index is 669. The lowest BCUT2D eigenvalue weighted by molar-refractivity contribution is -0.0229. The number of hydrogen-bond acceptors (Lipinski definition) is 4. The number of aromatic nitrogens is 2. The van der Waals surface area contributed by atoms with Gasteiger partial charge in [0.2, 0.25) is 0 Å². The van der Waals surface area contributed by atoms with Gasteiger partial charge in [-0.1, -0.05) is 25.1 Å². The zero-order chi connectivity index (χ0) is 16.2. The maximum Gasteiger partial charge on any atom is 0.278 e. The topological polar surface area (TPSA) is 56.6 Å². The van der Waals surface area contributed by atoms with Gasteiger partial charge in [0.05, 0.1) is 31.7 Å². The summed E-state index contributed by atoms with van der Waals surface area (Å²) in [7, 11) is 1.55. The smallest absolute Gasteiger partial charge is 0.278 e. The molecular weight excluding hydrogens is 294 g/mol. The van der Waals surface area contributed by atoms with Gasteiger partial charge in [-0.2, -0.15) is 5.10 Å². The molecule has 122 valence electrons. The highest BCUT2D eigenvalue weighted by Crippen LogP contribution is 2.22. The van der Waals surface area contributed by atoms with Crippen molar-refractivity contribution in [3.05, 3.63) is 42.2 Å². The highest BCUT2D eigenvalue weighted by atomic mass is 16.5. The fourth-order valence-electron chi connectivity index (χ4n) is 2.67. The van der Waals surface area contributed by atoms with Gasteiger partial charge in [0.1, 0.15) is 0 Å². The van der Waals surface area contributed by atoms with Crippen molar-refractivity contribution < 1.29 is 14.3 Å². The van der Waals surface area contributed by atoms with Gasteiger partial charge >= 0.3 is 0 Å². The number of carbonyl (C=O) groups is 1. The zero-order valence-corrected chi connectivity index (χ0v) is 13.4. The quantitative estimate of drug-likeness (QED) is 0.867. The molecule has 6 heteroatoms. The molecular formula is C17H21N3O3. The van der Waals surface area contributed by atoms with Crippen LogP contribution in [-0.4, -0.2) is 53.5 Å². The molecule has 2 heterocycles. The first-order chi connectivity index (χ1) is 11.2. The maximum absolute atomic E-state index is 12.8. The third kappa shape index (κ3) is 3.22. The van der Waals surface area contributed by atoms with Crippen molar-refractivity contribution in [1.82, 2.24) is 14.7 Å². The molecule has 1 aromatic heterocycles. The minimum Gasteiger partial charge on any atom is -0.493 e. The minimum absolute atomic E-state index is 0.0925. The van der Waals surface area contributed by atoms with Crippen LogP contribution < -0.4 is 4.74 Å². The van der Waals surface area contributed by atoms with E-state index in [0.29, 0.717) is 31.1 Å². The molecule has 6 nitrogen and oxygen atoms in total. The van der Waals surface area contributed by atoms with Crippen LogP contribution in [0.2, 0.25) is 0 Å². The van der Waals surface area contributed by atoms with E-state index in [9.17, 15) is 4.79 Å². The van der Waals surface area contributed by atoms with Crippen LogP contribution in [0.1, 0.15) is 23.8 Å². The molecule has 0 bridgehead atoms. The van der Waals surface area contributed by atoms with Gasteiger partial charge in [-0.25, -0.2) is 4.68 Å². The van der Waals surface area contributed by atoms with Crippen molar-refractivity contribution in [2.75, 3.05) is 26.8 Å². The van der Waals surface area contributed by atoms with Crippen LogP contribution in [0, 0.1) is 0 Å². The monoisotopic (exact) mass is 315 g/mol. The predicted octanol–water partition coefficient (Wildman–Crippen LogP) is 2.13. The molecule has 1 atom stereocenters. The molecule has 2 aromatic rings. The number of ether oxygens (including phenoxy) is 2. The predicted molar refractivity (Wildman–Crippen MR) is 86.1 cm³/mol. The van der Waals surface area contributed by atoms with Crippen LogP contribution >= 0.6 is 0 Å². The molecule has 1 aliphatic heterocycles. The Balaban J connectivity index is 1.87.